The topological polar surface area (TPSA) is 66.4 Å². The number of aliphatic hydroxyl groups is 1. The lowest BCUT2D eigenvalue weighted by atomic mass is 9.46. The van der Waals surface area contributed by atoms with Crippen LogP contribution in [0.4, 0.5) is 0 Å². The predicted molar refractivity (Wildman–Crippen MR) is 121 cm³/mol. The maximum atomic E-state index is 13.3. The lowest BCUT2D eigenvalue weighted by molar-refractivity contribution is -0.118. The molecule has 0 unspecified atom stereocenters. The third kappa shape index (κ3) is 3.90. The average molecular weight is 414 g/mol. The Hall–Kier alpha value is -1.84. The molecule has 4 nitrogen and oxygen atoms in total. The minimum atomic E-state index is -0.453. The van der Waals surface area contributed by atoms with E-state index in [-0.39, 0.29) is 22.4 Å². The van der Waals surface area contributed by atoms with E-state index in [2.05, 4.69) is 52.9 Å². The van der Waals surface area contributed by atoms with Gasteiger partial charge in [-0.15, -0.1) is 0 Å². The summed E-state index contributed by atoms with van der Waals surface area (Å²) in [5, 5.41) is 13.8. The number of Topliss-reactive ketones (excluding diaryl/α,β-unsaturated/α-hetero) is 1. The van der Waals surface area contributed by atoms with Crippen molar-refractivity contribution in [3.8, 4) is 0 Å². The summed E-state index contributed by atoms with van der Waals surface area (Å²) in [7, 11) is 0. The zero-order valence-corrected chi connectivity index (χ0v) is 19.6. The third-order valence-electron chi connectivity index (χ3n) is 8.50. The standard InChI is InChI=1S/C26H39NO3/c1-16(2)11-13-27-20-14-21(28)24(30)19(23(20)29)15-26(6)18(4)10-12-25(5)17(3)8-7-9-22(25)26/h8,14,16,18,22,27,30H,7,9-13,15H2,1-6H3/t18-,22+,25+,26+/m0/s1. The first-order chi connectivity index (χ1) is 14.0. The number of rotatable bonds is 6. The molecule has 0 amide bonds. The fraction of sp³-hybridized carbons (Fsp3) is 0.692. The molecule has 4 atom stereocenters. The normalized spacial score (nSPS) is 34.6. The van der Waals surface area contributed by atoms with Gasteiger partial charge in [0.25, 0.3) is 0 Å². The van der Waals surface area contributed by atoms with Crippen LogP contribution in [-0.4, -0.2) is 23.2 Å². The van der Waals surface area contributed by atoms with Crippen LogP contribution < -0.4 is 5.32 Å². The van der Waals surface area contributed by atoms with E-state index in [9.17, 15) is 14.7 Å². The first-order valence-corrected chi connectivity index (χ1v) is 11.6. The highest BCUT2D eigenvalue weighted by Gasteiger charge is 2.54. The second-order valence-corrected chi connectivity index (χ2v) is 10.7. The molecular formula is C26H39NO3. The van der Waals surface area contributed by atoms with Crippen molar-refractivity contribution in [3.05, 3.63) is 34.8 Å². The fourth-order valence-electron chi connectivity index (χ4n) is 6.06. The molecule has 3 rings (SSSR count). The summed E-state index contributed by atoms with van der Waals surface area (Å²) in [6.07, 6.45) is 9.45. The quantitative estimate of drug-likeness (QED) is 0.436. The van der Waals surface area contributed by atoms with Crippen molar-refractivity contribution in [2.75, 3.05) is 6.54 Å². The lowest BCUT2D eigenvalue weighted by Gasteiger charge is -2.58. The summed E-state index contributed by atoms with van der Waals surface area (Å²) in [6.45, 7) is 14.1. The second kappa shape index (κ2) is 8.36. The van der Waals surface area contributed by atoms with Crippen molar-refractivity contribution in [1.29, 1.82) is 0 Å². The zero-order chi connectivity index (χ0) is 22.3. The Bertz CT molecular complexity index is 818. The highest BCUT2D eigenvalue weighted by Crippen LogP contribution is 2.62. The minimum absolute atomic E-state index is 0.131. The van der Waals surface area contributed by atoms with Gasteiger partial charge in [0.2, 0.25) is 11.6 Å². The van der Waals surface area contributed by atoms with Gasteiger partial charge < -0.3 is 10.4 Å². The third-order valence-corrected chi connectivity index (χ3v) is 8.50. The SMILES string of the molecule is CC1=CCC[C@H]2[C@](C)(CC3=C(O)C(=O)C=C(NCCC(C)C)C3=O)[C@@H](C)CC[C@]12C. The van der Waals surface area contributed by atoms with Gasteiger partial charge in [-0.2, -0.15) is 0 Å². The van der Waals surface area contributed by atoms with E-state index < -0.39 is 5.78 Å². The lowest BCUT2D eigenvalue weighted by Crippen LogP contribution is -2.50. The number of hydrogen-bond donors (Lipinski definition) is 2. The molecule has 3 aliphatic rings. The molecule has 4 heteroatoms. The fourth-order valence-corrected chi connectivity index (χ4v) is 6.06. The van der Waals surface area contributed by atoms with Gasteiger partial charge in [0.1, 0.15) is 0 Å². The Morgan fingerprint density at radius 1 is 1.23 bits per heavy atom. The van der Waals surface area contributed by atoms with E-state index in [0.717, 1.165) is 32.1 Å². The number of allylic oxidation sites excluding steroid dienone is 4. The summed E-state index contributed by atoms with van der Waals surface area (Å²) in [4.78, 5) is 25.8. The van der Waals surface area contributed by atoms with E-state index in [4.69, 9.17) is 0 Å². The molecule has 0 radical (unpaired) electrons. The summed E-state index contributed by atoms with van der Waals surface area (Å²) in [6, 6.07) is 0. The second-order valence-electron chi connectivity index (χ2n) is 10.7. The number of ketones is 2. The van der Waals surface area contributed by atoms with Crippen molar-refractivity contribution in [1.82, 2.24) is 5.32 Å². The van der Waals surface area contributed by atoms with E-state index in [0.29, 0.717) is 42.0 Å². The number of carbonyl (C=O) groups is 2. The number of aliphatic hydroxyl groups excluding tert-OH is 1. The molecule has 0 aliphatic heterocycles. The first-order valence-electron chi connectivity index (χ1n) is 11.6. The van der Waals surface area contributed by atoms with Crippen LogP contribution in [0.5, 0.6) is 0 Å². The summed E-state index contributed by atoms with van der Waals surface area (Å²) < 4.78 is 0. The Kier molecular flexibility index (Phi) is 6.36. The van der Waals surface area contributed by atoms with Gasteiger partial charge in [0, 0.05) is 18.2 Å². The molecule has 0 aromatic heterocycles. The predicted octanol–water partition coefficient (Wildman–Crippen LogP) is 5.66. The molecule has 1 saturated carbocycles. The number of carbonyl (C=O) groups excluding carboxylic acids is 2. The van der Waals surface area contributed by atoms with Crippen molar-refractivity contribution in [2.24, 2.45) is 28.6 Å². The molecule has 0 spiro atoms. The minimum Gasteiger partial charge on any atom is -0.504 e. The van der Waals surface area contributed by atoms with Gasteiger partial charge in [-0.1, -0.05) is 46.3 Å². The maximum absolute atomic E-state index is 13.3. The Labute approximate surface area is 181 Å². The van der Waals surface area contributed by atoms with Gasteiger partial charge >= 0.3 is 0 Å². The van der Waals surface area contributed by atoms with Gasteiger partial charge in [-0.25, -0.2) is 0 Å². The molecule has 0 saturated heterocycles. The average Bonchev–Trinajstić information content (AvgIpc) is 2.68. The highest BCUT2D eigenvalue weighted by atomic mass is 16.3. The van der Waals surface area contributed by atoms with Gasteiger partial charge in [-0.3, -0.25) is 9.59 Å². The van der Waals surface area contributed by atoms with Crippen LogP contribution >= 0.6 is 0 Å². The van der Waals surface area contributed by atoms with E-state index in [1.165, 1.54) is 11.6 Å². The first kappa shape index (κ1) is 22.8. The van der Waals surface area contributed by atoms with E-state index in [1.807, 2.05) is 0 Å². The van der Waals surface area contributed by atoms with Crippen LogP contribution in [0, 0.1) is 28.6 Å². The van der Waals surface area contributed by atoms with E-state index >= 15 is 0 Å². The largest absolute Gasteiger partial charge is 0.504 e. The van der Waals surface area contributed by atoms with Crippen LogP contribution in [0.25, 0.3) is 0 Å². The molecule has 30 heavy (non-hydrogen) atoms. The zero-order valence-electron chi connectivity index (χ0n) is 19.6. The maximum Gasteiger partial charge on any atom is 0.222 e. The van der Waals surface area contributed by atoms with Gasteiger partial charge in [0.05, 0.1) is 5.70 Å². The summed E-state index contributed by atoms with van der Waals surface area (Å²) in [5.41, 5.74) is 2.09. The van der Waals surface area contributed by atoms with Gasteiger partial charge in [-0.05, 0) is 74.0 Å². The van der Waals surface area contributed by atoms with Crippen LogP contribution in [0.1, 0.15) is 80.1 Å². The molecule has 2 N–H and O–H groups in total. The van der Waals surface area contributed by atoms with Crippen molar-refractivity contribution in [3.63, 3.8) is 0 Å². The van der Waals surface area contributed by atoms with E-state index in [1.54, 1.807) is 0 Å². The molecule has 0 aromatic carbocycles. The molecule has 1 fully saturated rings. The highest BCUT2D eigenvalue weighted by molar-refractivity contribution is 6.21. The molecule has 0 bridgehead atoms. The molecule has 3 aliphatic carbocycles. The Morgan fingerprint density at radius 3 is 2.60 bits per heavy atom. The summed E-state index contributed by atoms with van der Waals surface area (Å²) in [5.74, 6) is 0.361. The molecule has 0 aromatic rings. The van der Waals surface area contributed by atoms with Crippen molar-refractivity contribution in [2.45, 2.75) is 80.1 Å². The van der Waals surface area contributed by atoms with Crippen LogP contribution in [0.2, 0.25) is 0 Å². The number of nitrogens with one attached hydrogen (secondary N) is 1. The van der Waals surface area contributed by atoms with Crippen LogP contribution in [0.3, 0.4) is 0 Å². The van der Waals surface area contributed by atoms with Crippen molar-refractivity contribution >= 4 is 11.6 Å². The smallest absolute Gasteiger partial charge is 0.222 e. The van der Waals surface area contributed by atoms with Crippen molar-refractivity contribution < 1.29 is 14.7 Å². The monoisotopic (exact) mass is 413 g/mol. The Balaban J connectivity index is 1.89. The molecular weight excluding hydrogens is 374 g/mol. The number of hydrogen-bond acceptors (Lipinski definition) is 4. The van der Waals surface area contributed by atoms with Crippen LogP contribution in [0.15, 0.2) is 34.8 Å². The number of fused-ring (bicyclic) bond motifs is 1. The van der Waals surface area contributed by atoms with Gasteiger partial charge in [0.15, 0.2) is 5.76 Å². The molecule has 0 heterocycles. The summed E-state index contributed by atoms with van der Waals surface area (Å²) >= 11 is 0. The molecule has 166 valence electrons. The van der Waals surface area contributed by atoms with Crippen LogP contribution in [-0.2, 0) is 9.59 Å². The Morgan fingerprint density at radius 2 is 1.93 bits per heavy atom.